The summed E-state index contributed by atoms with van der Waals surface area (Å²) in [4.78, 5) is 12.6. The molecule has 4 rings (SSSR count). The molecule has 0 atom stereocenters. The van der Waals surface area contributed by atoms with Crippen molar-refractivity contribution in [1.29, 1.82) is 0 Å². The summed E-state index contributed by atoms with van der Waals surface area (Å²) in [6.07, 6.45) is 1.86. The third-order valence-electron chi connectivity index (χ3n) is 4.13. The fourth-order valence-corrected chi connectivity index (χ4v) is 2.97. The van der Waals surface area contributed by atoms with Crippen LogP contribution in [-0.2, 0) is 7.05 Å². The first-order chi connectivity index (χ1) is 11.2. The van der Waals surface area contributed by atoms with Gasteiger partial charge in [0.25, 0.3) is 5.91 Å². The molecule has 3 aromatic rings. The minimum absolute atomic E-state index is 0.103. The third-order valence-corrected chi connectivity index (χ3v) is 4.13. The van der Waals surface area contributed by atoms with E-state index in [0.717, 1.165) is 22.6 Å². The molecule has 0 fully saturated rings. The highest BCUT2D eigenvalue weighted by Gasteiger charge is 2.28. The highest BCUT2D eigenvalue weighted by atomic mass is 16.5. The summed E-state index contributed by atoms with van der Waals surface area (Å²) in [5.41, 5.74) is 2.56. The highest BCUT2D eigenvalue weighted by molar-refractivity contribution is 5.93. The molecule has 114 valence electrons. The number of aryl methyl sites for hydroxylation is 1. The van der Waals surface area contributed by atoms with Gasteiger partial charge in [0, 0.05) is 24.4 Å². The average molecular weight is 304 g/mol. The van der Waals surface area contributed by atoms with Crippen molar-refractivity contribution in [3.63, 3.8) is 0 Å². The molecule has 0 saturated heterocycles. The lowest BCUT2D eigenvalue weighted by Gasteiger charge is -2.28. The predicted molar refractivity (Wildman–Crippen MR) is 87.7 cm³/mol. The van der Waals surface area contributed by atoms with Crippen LogP contribution in [0.25, 0.3) is 0 Å². The van der Waals surface area contributed by atoms with E-state index < -0.39 is 0 Å². The van der Waals surface area contributed by atoms with E-state index in [0.29, 0.717) is 5.69 Å². The molecule has 1 aromatic heterocycles. The summed E-state index contributed by atoms with van der Waals surface area (Å²) < 4.78 is 7.76. The van der Waals surface area contributed by atoms with Gasteiger partial charge in [-0.3, -0.25) is 4.79 Å². The summed E-state index contributed by atoms with van der Waals surface area (Å²) in [5, 5.41) is 3.13. The maximum Gasteiger partial charge on any atom is 0.268 e. The summed E-state index contributed by atoms with van der Waals surface area (Å²) >= 11 is 0. The molecule has 4 heteroatoms. The molecule has 2 aromatic carbocycles. The van der Waals surface area contributed by atoms with Gasteiger partial charge in [-0.05, 0) is 24.3 Å². The Morgan fingerprint density at radius 2 is 1.57 bits per heavy atom. The molecule has 23 heavy (non-hydrogen) atoms. The Morgan fingerprint density at radius 1 is 0.957 bits per heavy atom. The fraction of sp³-hybridized carbons (Fsp3) is 0.105. The first kappa shape index (κ1) is 13.6. The fourth-order valence-electron chi connectivity index (χ4n) is 2.97. The van der Waals surface area contributed by atoms with Crippen LogP contribution in [0.4, 0.5) is 0 Å². The summed E-state index contributed by atoms with van der Waals surface area (Å²) in [6.45, 7) is 0. The van der Waals surface area contributed by atoms with Crippen LogP contribution < -0.4 is 10.1 Å². The Labute approximate surface area is 134 Å². The Bertz CT molecular complexity index is 837. The van der Waals surface area contributed by atoms with Crippen LogP contribution in [0.1, 0.15) is 27.7 Å². The Hall–Kier alpha value is -3.01. The van der Waals surface area contributed by atoms with Crippen molar-refractivity contribution in [2.75, 3.05) is 0 Å². The number of ether oxygens (including phenoxy) is 1. The number of hydrogen-bond donors (Lipinski definition) is 1. The number of para-hydroxylation sites is 2. The monoisotopic (exact) mass is 304 g/mol. The number of fused-ring (bicyclic) bond motifs is 2. The summed E-state index contributed by atoms with van der Waals surface area (Å²) in [5.74, 6) is 1.46. The van der Waals surface area contributed by atoms with E-state index in [-0.39, 0.29) is 11.9 Å². The number of aromatic nitrogens is 1. The number of nitrogens with one attached hydrogen (secondary N) is 1. The molecule has 0 bridgehead atoms. The van der Waals surface area contributed by atoms with Crippen LogP contribution in [0.5, 0.6) is 11.5 Å². The van der Waals surface area contributed by atoms with Crippen molar-refractivity contribution in [3.05, 3.63) is 83.7 Å². The quantitative estimate of drug-likeness (QED) is 0.785. The maximum absolute atomic E-state index is 12.6. The third kappa shape index (κ3) is 2.28. The lowest BCUT2D eigenvalue weighted by molar-refractivity contribution is 0.0933. The first-order valence-electron chi connectivity index (χ1n) is 7.52. The molecule has 4 nitrogen and oxygen atoms in total. The van der Waals surface area contributed by atoms with Crippen LogP contribution in [0.2, 0.25) is 0 Å². The van der Waals surface area contributed by atoms with Gasteiger partial charge in [0.05, 0.1) is 6.04 Å². The second-order valence-electron chi connectivity index (χ2n) is 5.59. The molecule has 0 saturated carbocycles. The molecular formula is C19H16N2O2. The van der Waals surface area contributed by atoms with Gasteiger partial charge in [0.15, 0.2) is 0 Å². The van der Waals surface area contributed by atoms with Gasteiger partial charge in [-0.15, -0.1) is 0 Å². The predicted octanol–water partition coefficient (Wildman–Crippen LogP) is 3.65. The Balaban J connectivity index is 1.76. The molecule has 0 spiro atoms. The molecule has 0 unspecified atom stereocenters. The zero-order valence-corrected chi connectivity index (χ0v) is 12.7. The molecule has 0 aliphatic carbocycles. The molecule has 2 heterocycles. The lowest BCUT2D eigenvalue weighted by Crippen LogP contribution is -2.32. The van der Waals surface area contributed by atoms with Gasteiger partial charge in [0.2, 0.25) is 0 Å². The van der Waals surface area contributed by atoms with Gasteiger partial charge >= 0.3 is 0 Å². The number of hydrogen-bond acceptors (Lipinski definition) is 2. The standard InChI is InChI=1S/C19H16N2O2/c1-21-12-6-9-15(21)19(22)20-18-13-7-2-4-10-16(13)23-17-11-5-3-8-14(17)18/h2-12,18H,1H3,(H,20,22). The molecule has 1 aliphatic heterocycles. The van der Waals surface area contributed by atoms with Gasteiger partial charge in [-0.1, -0.05) is 36.4 Å². The van der Waals surface area contributed by atoms with E-state index in [1.54, 1.807) is 0 Å². The average Bonchev–Trinajstić information content (AvgIpc) is 3.00. The second-order valence-corrected chi connectivity index (χ2v) is 5.59. The number of carbonyl (C=O) groups is 1. The van der Waals surface area contributed by atoms with Gasteiger partial charge < -0.3 is 14.6 Å². The van der Waals surface area contributed by atoms with Crippen molar-refractivity contribution in [3.8, 4) is 11.5 Å². The van der Waals surface area contributed by atoms with E-state index >= 15 is 0 Å². The van der Waals surface area contributed by atoms with Crippen LogP contribution in [0.3, 0.4) is 0 Å². The van der Waals surface area contributed by atoms with E-state index in [9.17, 15) is 4.79 Å². The van der Waals surface area contributed by atoms with E-state index in [2.05, 4.69) is 5.32 Å². The van der Waals surface area contributed by atoms with Gasteiger partial charge in [-0.2, -0.15) is 0 Å². The number of amides is 1. The van der Waals surface area contributed by atoms with E-state index in [1.807, 2.05) is 78.5 Å². The number of nitrogens with zero attached hydrogens (tertiary/aromatic N) is 1. The van der Waals surface area contributed by atoms with Gasteiger partial charge in [-0.25, -0.2) is 0 Å². The van der Waals surface area contributed by atoms with Gasteiger partial charge in [0.1, 0.15) is 17.2 Å². The number of carbonyl (C=O) groups excluding carboxylic acids is 1. The molecule has 0 radical (unpaired) electrons. The van der Waals surface area contributed by atoms with Crippen molar-refractivity contribution in [2.24, 2.45) is 7.05 Å². The van der Waals surface area contributed by atoms with Crippen molar-refractivity contribution in [1.82, 2.24) is 9.88 Å². The SMILES string of the molecule is Cn1cccc1C(=O)NC1c2ccccc2Oc2ccccc21. The van der Waals surface area contributed by atoms with Crippen molar-refractivity contribution < 1.29 is 9.53 Å². The smallest absolute Gasteiger partial charge is 0.268 e. The summed E-state index contributed by atoms with van der Waals surface area (Å²) in [7, 11) is 1.86. The largest absolute Gasteiger partial charge is 0.457 e. The summed E-state index contributed by atoms with van der Waals surface area (Å²) in [6, 6.07) is 19.1. The molecule has 1 aliphatic rings. The van der Waals surface area contributed by atoms with Crippen LogP contribution in [0, 0.1) is 0 Å². The maximum atomic E-state index is 12.6. The lowest BCUT2D eigenvalue weighted by atomic mass is 9.94. The van der Waals surface area contributed by atoms with Crippen LogP contribution in [0.15, 0.2) is 66.9 Å². The zero-order chi connectivity index (χ0) is 15.8. The number of rotatable bonds is 2. The van der Waals surface area contributed by atoms with Crippen molar-refractivity contribution >= 4 is 5.91 Å². The van der Waals surface area contributed by atoms with E-state index in [4.69, 9.17) is 4.74 Å². The zero-order valence-electron chi connectivity index (χ0n) is 12.7. The molecule has 1 N–H and O–H groups in total. The minimum atomic E-state index is -0.224. The minimum Gasteiger partial charge on any atom is -0.457 e. The molecular weight excluding hydrogens is 288 g/mol. The molecule has 1 amide bonds. The van der Waals surface area contributed by atoms with Crippen molar-refractivity contribution in [2.45, 2.75) is 6.04 Å². The normalized spacial score (nSPS) is 12.9. The Kier molecular flexibility index (Phi) is 3.15. The number of benzene rings is 2. The Morgan fingerprint density at radius 3 is 2.13 bits per heavy atom. The second kappa shape index (κ2) is 5.32. The van der Waals surface area contributed by atoms with Crippen LogP contribution in [-0.4, -0.2) is 10.5 Å². The topological polar surface area (TPSA) is 43.3 Å². The van der Waals surface area contributed by atoms with Crippen LogP contribution >= 0.6 is 0 Å². The first-order valence-corrected chi connectivity index (χ1v) is 7.52. The van der Waals surface area contributed by atoms with E-state index in [1.165, 1.54) is 0 Å². The highest BCUT2D eigenvalue weighted by Crippen LogP contribution is 2.42.